The summed E-state index contributed by atoms with van der Waals surface area (Å²) in [6.07, 6.45) is 0. The van der Waals surface area contributed by atoms with E-state index in [-0.39, 0.29) is 24.5 Å². The van der Waals surface area contributed by atoms with Crippen molar-refractivity contribution in [1.29, 1.82) is 0 Å². The Morgan fingerprint density at radius 1 is 0.905 bits per heavy atom. The fourth-order valence-corrected chi connectivity index (χ4v) is 2.47. The van der Waals surface area contributed by atoms with E-state index in [0.717, 1.165) is 5.56 Å². The van der Waals surface area contributed by atoms with Gasteiger partial charge >= 0.3 is 0 Å². The number of amides is 2. The van der Waals surface area contributed by atoms with Crippen LogP contribution in [0.5, 0.6) is 0 Å². The number of hydrogen-bond donors (Lipinski definition) is 1. The Balaban J connectivity index is 1.70. The van der Waals surface area contributed by atoms with E-state index in [4.69, 9.17) is 0 Å². The van der Waals surface area contributed by atoms with Gasteiger partial charge in [-0.3, -0.25) is 19.8 Å². The summed E-state index contributed by atoms with van der Waals surface area (Å²) in [5.74, 6) is -0.466. The summed E-state index contributed by atoms with van der Waals surface area (Å²) in [7, 11) is 0. The predicted molar refractivity (Wildman–Crippen MR) is 79.8 cm³/mol. The molecule has 0 saturated carbocycles. The molecule has 0 aromatic heterocycles. The standard InChI is InChI=1S/C17H16N2O2/c1-12(13-7-3-2-4-8-13)18-11-19-16(20)14-9-5-6-10-15(14)17(19)21/h2-10,12,18H,11H2,1H3. The molecule has 4 heteroatoms. The van der Waals surface area contributed by atoms with Crippen LogP contribution in [0, 0.1) is 0 Å². The van der Waals surface area contributed by atoms with Gasteiger partial charge in [0.2, 0.25) is 0 Å². The third kappa shape index (κ3) is 2.45. The fraction of sp³-hybridized carbons (Fsp3) is 0.176. The van der Waals surface area contributed by atoms with E-state index in [2.05, 4.69) is 5.32 Å². The minimum absolute atomic E-state index is 0.0653. The monoisotopic (exact) mass is 280 g/mol. The van der Waals surface area contributed by atoms with Crippen molar-refractivity contribution in [3.8, 4) is 0 Å². The van der Waals surface area contributed by atoms with Crippen LogP contribution in [0.1, 0.15) is 39.2 Å². The fourth-order valence-electron chi connectivity index (χ4n) is 2.47. The second kappa shape index (κ2) is 5.50. The van der Waals surface area contributed by atoms with Gasteiger partial charge in [-0.2, -0.15) is 0 Å². The second-order valence-corrected chi connectivity index (χ2v) is 5.08. The van der Waals surface area contributed by atoms with Gasteiger partial charge in [-0.15, -0.1) is 0 Å². The van der Waals surface area contributed by atoms with E-state index in [1.807, 2.05) is 37.3 Å². The quantitative estimate of drug-likeness (QED) is 0.876. The van der Waals surface area contributed by atoms with E-state index in [0.29, 0.717) is 11.1 Å². The molecule has 106 valence electrons. The molecule has 1 aliphatic rings. The Morgan fingerprint density at radius 2 is 1.43 bits per heavy atom. The minimum atomic E-state index is -0.233. The van der Waals surface area contributed by atoms with Crippen LogP contribution in [-0.2, 0) is 0 Å². The van der Waals surface area contributed by atoms with Crippen molar-refractivity contribution in [3.05, 3.63) is 71.3 Å². The van der Waals surface area contributed by atoms with Crippen LogP contribution >= 0.6 is 0 Å². The SMILES string of the molecule is CC(NCN1C(=O)c2ccccc2C1=O)c1ccccc1. The number of rotatable bonds is 4. The summed E-state index contributed by atoms with van der Waals surface area (Å²) in [5.41, 5.74) is 2.09. The van der Waals surface area contributed by atoms with E-state index < -0.39 is 0 Å². The molecule has 1 N–H and O–H groups in total. The maximum absolute atomic E-state index is 12.2. The van der Waals surface area contributed by atoms with Gasteiger partial charge < -0.3 is 0 Å². The number of nitrogens with one attached hydrogen (secondary N) is 1. The number of imide groups is 1. The Bertz CT molecular complexity index is 647. The Kier molecular flexibility index (Phi) is 3.54. The molecule has 1 unspecified atom stereocenters. The van der Waals surface area contributed by atoms with Gasteiger partial charge in [-0.05, 0) is 24.6 Å². The van der Waals surface area contributed by atoms with Crippen LogP contribution < -0.4 is 5.32 Å². The lowest BCUT2D eigenvalue weighted by Crippen LogP contribution is -2.39. The third-order valence-corrected chi connectivity index (χ3v) is 3.73. The van der Waals surface area contributed by atoms with Gasteiger partial charge in [0.05, 0.1) is 17.8 Å². The third-order valence-electron chi connectivity index (χ3n) is 3.73. The maximum atomic E-state index is 12.2. The van der Waals surface area contributed by atoms with Gasteiger partial charge in [0.1, 0.15) is 0 Å². The highest BCUT2D eigenvalue weighted by Gasteiger charge is 2.34. The molecule has 4 nitrogen and oxygen atoms in total. The zero-order chi connectivity index (χ0) is 14.8. The first-order chi connectivity index (χ1) is 10.2. The minimum Gasteiger partial charge on any atom is -0.293 e. The lowest BCUT2D eigenvalue weighted by atomic mass is 10.1. The highest BCUT2D eigenvalue weighted by atomic mass is 16.2. The molecular weight excluding hydrogens is 264 g/mol. The van der Waals surface area contributed by atoms with Gasteiger partial charge in [0.15, 0.2) is 0 Å². The molecule has 0 bridgehead atoms. The van der Waals surface area contributed by atoms with E-state index >= 15 is 0 Å². The van der Waals surface area contributed by atoms with Crippen molar-refractivity contribution >= 4 is 11.8 Å². The first-order valence-corrected chi connectivity index (χ1v) is 6.92. The number of hydrogen-bond acceptors (Lipinski definition) is 3. The zero-order valence-corrected chi connectivity index (χ0v) is 11.7. The topological polar surface area (TPSA) is 49.4 Å². The van der Waals surface area contributed by atoms with Crippen molar-refractivity contribution in [2.24, 2.45) is 0 Å². The van der Waals surface area contributed by atoms with Crippen molar-refractivity contribution in [2.75, 3.05) is 6.67 Å². The van der Waals surface area contributed by atoms with E-state index in [1.54, 1.807) is 24.3 Å². The molecule has 0 spiro atoms. The summed E-state index contributed by atoms with van der Waals surface area (Å²) >= 11 is 0. The number of carbonyl (C=O) groups is 2. The van der Waals surface area contributed by atoms with Crippen molar-refractivity contribution in [3.63, 3.8) is 0 Å². The molecule has 1 heterocycles. The first kappa shape index (κ1) is 13.5. The normalized spacial score (nSPS) is 15.2. The van der Waals surface area contributed by atoms with Crippen molar-refractivity contribution in [1.82, 2.24) is 10.2 Å². The zero-order valence-electron chi connectivity index (χ0n) is 11.7. The molecule has 0 fully saturated rings. The molecular formula is C17H16N2O2. The van der Waals surface area contributed by atoms with Crippen LogP contribution in [0.2, 0.25) is 0 Å². The van der Waals surface area contributed by atoms with Crippen LogP contribution in [0.4, 0.5) is 0 Å². The highest BCUT2D eigenvalue weighted by Crippen LogP contribution is 2.22. The maximum Gasteiger partial charge on any atom is 0.262 e. The molecule has 1 aliphatic heterocycles. The van der Waals surface area contributed by atoms with Gasteiger partial charge in [-0.1, -0.05) is 42.5 Å². The van der Waals surface area contributed by atoms with Gasteiger partial charge in [0.25, 0.3) is 11.8 Å². The van der Waals surface area contributed by atoms with E-state index in [1.165, 1.54) is 4.90 Å². The largest absolute Gasteiger partial charge is 0.293 e. The number of nitrogens with zero attached hydrogens (tertiary/aromatic N) is 1. The number of benzene rings is 2. The number of fused-ring (bicyclic) bond motifs is 1. The lowest BCUT2D eigenvalue weighted by Gasteiger charge is -2.19. The predicted octanol–water partition coefficient (Wildman–Crippen LogP) is 2.59. The van der Waals surface area contributed by atoms with Gasteiger partial charge in [-0.25, -0.2) is 0 Å². The molecule has 2 aromatic rings. The average Bonchev–Trinajstić information content (AvgIpc) is 2.78. The van der Waals surface area contributed by atoms with Crippen molar-refractivity contribution < 1.29 is 9.59 Å². The van der Waals surface area contributed by atoms with Crippen LogP contribution in [0.15, 0.2) is 54.6 Å². The molecule has 2 aromatic carbocycles. The molecule has 0 saturated heterocycles. The Morgan fingerprint density at radius 3 is 2.00 bits per heavy atom. The van der Waals surface area contributed by atoms with E-state index in [9.17, 15) is 9.59 Å². The Hall–Kier alpha value is -2.46. The smallest absolute Gasteiger partial charge is 0.262 e. The molecule has 21 heavy (non-hydrogen) atoms. The van der Waals surface area contributed by atoms with Gasteiger partial charge in [0, 0.05) is 6.04 Å². The van der Waals surface area contributed by atoms with Crippen LogP contribution in [-0.4, -0.2) is 23.4 Å². The first-order valence-electron chi connectivity index (χ1n) is 6.92. The highest BCUT2D eigenvalue weighted by molar-refractivity contribution is 6.21. The molecule has 0 aliphatic carbocycles. The summed E-state index contributed by atoms with van der Waals surface area (Å²) in [5, 5.41) is 3.22. The summed E-state index contributed by atoms with van der Waals surface area (Å²) < 4.78 is 0. The summed E-state index contributed by atoms with van der Waals surface area (Å²) in [6, 6.07) is 16.9. The second-order valence-electron chi connectivity index (χ2n) is 5.08. The average molecular weight is 280 g/mol. The molecule has 0 radical (unpaired) electrons. The Labute approximate surface area is 123 Å². The number of carbonyl (C=O) groups excluding carboxylic acids is 2. The lowest BCUT2D eigenvalue weighted by molar-refractivity contribution is 0.0637. The molecule has 1 atom stereocenters. The summed E-state index contributed by atoms with van der Waals surface area (Å²) in [6.45, 7) is 2.22. The van der Waals surface area contributed by atoms with Crippen LogP contribution in [0.25, 0.3) is 0 Å². The summed E-state index contributed by atoms with van der Waals surface area (Å²) in [4.78, 5) is 25.7. The van der Waals surface area contributed by atoms with Crippen molar-refractivity contribution in [2.45, 2.75) is 13.0 Å². The molecule has 2 amide bonds. The van der Waals surface area contributed by atoms with Crippen LogP contribution in [0.3, 0.4) is 0 Å². The molecule has 3 rings (SSSR count).